The number of benzene rings is 1. The summed E-state index contributed by atoms with van der Waals surface area (Å²) in [6, 6.07) is 8.37. The van der Waals surface area contributed by atoms with Gasteiger partial charge in [0.05, 0.1) is 6.54 Å². The second kappa shape index (κ2) is 6.20. The number of carbonyl (C=O) groups is 1. The van der Waals surface area contributed by atoms with Crippen LogP contribution in [-0.2, 0) is 4.79 Å². The fraction of sp³-hybridized carbons (Fsp3) is 0.562. The normalized spacial score (nSPS) is 26.4. The summed E-state index contributed by atoms with van der Waals surface area (Å²) in [5.41, 5.74) is 2.06. The van der Waals surface area contributed by atoms with Crippen LogP contribution < -0.4 is 10.6 Å². The van der Waals surface area contributed by atoms with Crippen LogP contribution in [0.4, 0.5) is 5.69 Å². The van der Waals surface area contributed by atoms with Gasteiger partial charge in [0, 0.05) is 11.7 Å². The van der Waals surface area contributed by atoms with Crippen LogP contribution in [0.5, 0.6) is 0 Å². The largest absolute Gasteiger partial charge is 0.325 e. The van der Waals surface area contributed by atoms with Crippen molar-refractivity contribution in [2.24, 2.45) is 11.8 Å². The highest BCUT2D eigenvalue weighted by molar-refractivity contribution is 5.92. The zero-order valence-electron chi connectivity index (χ0n) is 12.1. The molecule has 0 saturated heterocycles. The number of rotatable bonds is 4. The molecule has 1 saturated carbocycles. The first-order chi connectivity index (χ1) is 9.06. The first-order valence-electron chi connectivity index (χ1n) is 7.16. The van der Waals surface area contributed by atoms with E-state index in [4.69, 9.17) is 0 Å². The van der Waals surface area contributed by atoms with Crippen LogP contribution in [0.3, 0.4) is 0 Å². The van der Waals surface area contributed by atoms with Crippen molar-refractivity contribution in [2.75, 3.05) is 11.9 Å². The van der Waals surface area contributed by atoms with E-state index in [9.17, 15) is 4.79 Å². The molecule has 1 amide bonds. The maximum absolute atomic E-state index is 11.9. The molecule has 3 atom stereocenters. The average molecular weight is 260 g/mol. The van der Waals surface area contributed by atoms with Gasteiger partial charge in [0.15, 0.2) is 0 Å². The van der Waals surface area contributed by atoms with E-state index < -0.39 is 0 Å². The van der Waals surface area contributed by atoms with Gasteiger partial charge in [0.1, 0.15) is 0 Å². The summed E-state index contributed by atoms with van der Waals surface area (Å²) in [6.07, 6.45) is 2.44. The van der Waals surface area contributed by atoms with Gasteiger partial charge in [0.25, 0.3) is 0 Å². The molecule has 3 heteroatoms. The van der Waals surface area contributed by atoms with Gasteiger partial charge < -0.3 is 10.6 Å². The minimum atomic E-state index is 0.0376. The van der Waals surface area contributed by atoms with Gasteiger partial charge in [-0.2, -0.15) is 0 Å². The van der Waals surface area contributed by atoms with E-state index in [0.717, 1.165) is 11.6 Å². The molecule has 0 aromatic heterocycles. The molecule has 3 unspecified atom stereocenters. The van der Waals surface area contributed by atoms with Crippen LogP contribution in [-0.4, -0.2) is 18.5 Å². The molecular weight excluding hydrogens is 236 g/mol. The van der Waals surface area contributed by atoms with Crippen LogP contribution >= 0.6 is 0 Å². The molecule has 0 radical (unpaired) electrons. The Morgan fingerprint density at radius 2 is 1.89 bits per heavy atom. The number of hydrogen-bond acceptors (Lipinski definition) is 2. The Bertz CT molecular complexity index is 427. The van der Waals surface area contributed by atoms with E-state index in [1.807, 2.05) is 31.2 Å². The molecule has 1 aromatic rings. The average Bonchev–Trinajstić information content (AvgIpc) is 2.70. The molecule has 1 aliphatic rings. The van der Waals surface area contributed by atoms with Crippen LogP contribution in [0.1, 0.15) is 32.3 Å². The topological polar surface area (TPSA) is 41.1 Å². The molecule has 0 heterocycles. The lowest BCUT2D eigenvalue weighted by atomic mass is 9.98. The van der Waals surface area contributed by atoms with Crippen LogP contribution in [0, 0.1) is 18.8 Å². The first kappa shape index (κ1) is 14.1. The van der Waals surface area contributed by atoms with E-state index >= 15 is 0 Å². The molecule has 1 aliphatic carbocycles. The molecular formula is C16H24N2O. The molecule has 19 heavy (non-hydrogen) atoms. The highest BCUT2D eigenvalue weighted by atomic mass is 16.1. The van der Waals surface area contributed by atoms with Gasteiger partial charge in [0.2, 0.25) is 5.91 Å². The van der Waals surface area contributed by atoms with E-state index in [1.165, 1.54) is 18.4 Å². The summed E-state index contributed by atoms with van der Waals surface area (Å²) in [6.45, 7) is 7.00. The number of aryl methyl sites for hydroxylation is 1. The first-order valence-corrected chi connectivity index (χ1v) is 7.16. The monoisotopic (exact) mass is 260 g/mol. The number of hydrogen-bond donors (Lipinski definition) is 2. The highest BCUT2D eigenvalue weighted by Crippen LogP contribution is 2.30. The molecule has 3 nitrogen and oxygen atoms in total. The Labute approximate surface area is 115 Å². The van der Waals surface area contributed by atoms with Crippen molar-refractivity contribution >= 4 is 11.6 Å². The molecule has 0 aliphatic heterocycles. The number of carbonyl (C=O) groups excluding carboxylic acids is 1. The Morgan fingerprint density at radius 3 is 2.47 bits per heavy atom. The quantitative estimate of drug-likeness (QED) is 0.874. The number of anilines is 1. The lowest BCUT2D eigenvalue weighted by Crippen LogP contribution is -2.38. The smallest absolute Gasteiger partial charge is 0.238 e. The SMILES string of the molecule is Cc1ccc(NC(=O)CNC2CCC(C)C2C)cc1. The molecule has 104 valence electrons. The highest BCUT2D eigenvalue weighted by Gasteiger charge is 2.29. The van der Waals surface area contributed by atoms with Crippen molar-refractivity contribution in [1.29, 1.82) is 0 Å². The van der Waals surface area contributed by atoms with E-state index in [0.29, 0.717) is 18.5 Å². The number of nitrogens with one attached hydrogen (secondary N) is 2. The summed E-state index contributed by atoms with van der Waals surface area (Å²) < 4.78 is 0. The number of amides is 1. The summed E-state index contributed by atoms with van der Waals surface area (Å²) >= 11 is 0. The fourth-order valence-electron chi connectivity index (χ4n) is 2.72. The van der Waals surface area contributed by atoms with Crippen molar-refractivity contribution in [1.82, 2.24) is 5.32 Å². The minimum absolute atomic E-state index is 0.0376. The van der Waals surface area contributed by atoms with Gasteiger partial charge in [-0.05, 0) is 43.7 Å². The van der Waals surface area contributed by atoms with Crippen LogP contribution in [0.2, 0.25) is 0 Å². The lowest BCUT2D eigenvalue weighted by Gasteiger charge is -2.19. The maximum atomic E-state index is 11.9. The van der Waals surface area contributed by atoms with E-state index in [-0.39, 0.29) is 5.91 Å². The van der Waals surface area contributed by atoms with Crippen molar-refractivity contribution in [3.63, 3.8) is 0 Å². The molecule has 1 aromatic carbocycles. The summed E-state index contributed by atoms with van der Waals surface area (Å²) in [5.74, 6) is 1.46. The second-order valence-corrected chi connectivity index (χ2v) is 5.82. The van der Waals surface area contributed by atoms with E-state index in [1.54, 1.807) is 0 Å². The van der Waals surface area contributed by atoms with E-state index in [2.05, 4.69) is 24.5 Å². The van der Waals surface area contributed by atoms with Crippen LogP contribution in [0.15, 0.2) is 24.3 Å². The minimum Gasteiger partial charge on any atom is -0.325 e. The Kier molecular flexibility index (Phi) is 4.59. The van der Waals surface area contributed by atoms with Gasteiger partial charge in [-0.25, -0.2) is 0 Å². The molecule has 2 rings (SSSR count). The Balaban J connectivity index is 1.77. The van der Waals surface area contributed by atoms with Crippen molar-refractivity contribution in [3.8, 4) is 0 Å². The summed E-state index contributed by atoms with van der Waals surface area (Å²) in [4.78, 5) is 11.9. The Hall–Kier alpha value is -1.35. The molecule has 0 spiro atoms. The third-order valence-corrected chi connectivity index (χ3v) is 4.33. The zero-order valence-corrected chi connectivity index (χ0v) is 12.1. The summed E-state index contributed by atoms with van der Waals surface area (Å²) in [5, 5.41) is 6.30. The predicted octanol–water partition coefficient (Wildman–Crippen LogP) is 2.96. The van der Waals surface area contributed by atoms with Gasteiger partial charge in [-0.1, -0.05) is 31.5 Å². The van der Waals surface area contributed by atoms with Gasteiger partial charge in [-0.3, -0.25) is 4.79 Å². The standard InChI is InChI=1S/C16H24N2O/c1-11-4-7-14(8-5-11)18-16(19)10-17-15-9-6-12(2)13(15)3/h4-5,7-8,12-13,15,17H,6,9-10H2,1-3H3,(H,18,19). The predicted molar refractivity (Wildman–Crippen MR) is 79.2 cm³/mol. The van der Waals surface area contributed by atoms with Crippen LogP contribution in [0.25, 0.3) is 0 Å². The zero-order chi connectivity index (χ0) is 13.8. The molecule has 1 fully saturated rings. The molecule has 0 bridgehead atoms. The van der Waals surface area contributed by atoms with Crippen molar-refractivity contribution in [2.45, 2.75) is 39.7 Å². The fourth-order valence-corrected chi connectivity index (χ4v) is 2.72. The third-order valence-electron chi connectivity index (χ3n) is 4.33. The molecule has 2 N–H and O–H groups in total. The summed E-state index contributed by atoms with van der Waals surface area (Å²) in [7, 11) is 0. The van der Waals surface area contributed by atoms with Gasteiger partial charge in [-0.15, -0.1) is 0 Å². The maximum Gasteiger partial charge on any atom is 0.238 e. The van der Waals surface area contributed by atoms with Crippen molar-refractivity contribution in [3.05, 3.63) is 29.8 Å². The Morgan fingerprint density at radius 1 is 1.21 bits per heavy atom. The van der Waals surface area contributed by atoms with Crippen molar-refractivity contribution < 1.29 is 4.79 Å². The third kappa shape index (κ3) is 3.80. The van der Waals surface area contributed by atoms with Gasteiger partial charge >= 0.3 is 0 Å². The second-order valence-electron chi connectivity index (χ2n) is 5.82. The lowest BCUT2D eigenvalue weighted by molar-refractivity contribution is -0.115.